The van der Waals surface area contributed by atoms with E-state index in [-0.39, 0.29) is 24.9 Å². The molecule has 1 heterocycles. The predicted octanol–water partition coefficient (Wildman–Crippen LogP) is 3.23. The molecule has 1 aromatic heterocycles. The number of fused-ring (bicyclic) bond motifs is 1. The molecular weight excluding hydrogens is 496 g/mol. The minimum atomic E-state index is -0.588. The van der Waals surface area contributed by atoms with Crippen LogP contribution in [0.15, 0.2) is 76.3 Å². The summed E-state index contributed by atoms with van der Waals surface area (Å²) < 4.78 is 7.43. The Balaban J connectivity index is 1.61. The number of para-hydroxylation sites is 2. The van der Waals surface area contributed by atoms with Crippen molar-refractivity contribution >= 4 is 28.4 Å². The number of nitrogens with zero attached hydrogens (tertiary/aromatic N) is 2. The second-order valence-corrected chi connectivity index (χ2v) is 9.39. The number of hydrogen-bond donors (Lipinski definition) is 2. The molecule has 202 valence electrons. The molecule has 9 heteroatoms. The third-order valence-electron chi connectivity index (χ3n) is 6.55. The van der Waals surface area contributed by atoms with Crippen LogP contribution in [0.4, 0.5) is 5.69 Å². The Labute approximate surface area is 226 Å². The van der Waals surface area contributed by atoms with Crippen molar-refractivity contribution in [3.63, 3.8) is 0 Å². The topological polar surface area (TPSA) is 111 Å². The van der Waals surface area contributed by atoms with Crippen molar-refractivity contribution in [2.45, 2.75) is 33.4 Å². The molecule has 9 nitrogen and oxygen atoms in total. The highest BCUT2D eigenvalue weighted by Gasteiger charge is 2.17. The Bertz CT molecular complexity index is 1600. The van der Waals surface area contributed by atoms with E-state index in [1.54, 1.807) is 55.6 Å². The first-order chi connectivity index (χ1) is 18.8. The normalized spacial score (nSPS) is 10.9. The number of nitrogens with one attached hydrogen (secondary N) is 2. The number of anilines is 1. The molecule has 4 aromatic rings. The van der Waals surface area contributed by atoms with Gasteiger partial charge in [0.2, 0.25) is 5.91 Å². The van der Waals surface area contributed by atoms with Gasteiger partial charge in [0, 0.05) is 31.5 Å². The number of ether oxygens (including phenoxy) is 1. The van der Waals surface area contributed by atoms with E-state index in [0.717, 1.165) is 15.7 Å². The minimum Gasteiger partial charge on any atom is -0.385 e. The number of aryl methyl sites for hydroxylation is 2. The average Bonchev–Trinajstić information content (AvgIpc) is 2.94. The zero-order chi connectivity index (χ0) is 27.9. The predicted molar refractivity (Wildman–Crippen MR) is 151 cm³/mol. The number of methoxy groups -OCH3 is 1. The maximum absolute atomic E-state index is 13.5. The number of amides is 2. The van der Waals surface area contributed by atoms with Gasteiger partial charge in [-0.15, -0.1) is 0 Å². The van der Waals surface area contributed by atoms with E-state index < -0.39 is 11.2 Å². The number of carbonyl (C=O) groups excluding carboxylic acids is 2. The van der Waals surface area contributed by atoms with Crippen molar-refractivity contribution in [1.29, 1.82) is 0 Å². The van der Waals surface area contributed by atoms with Gasteiger partial charge in [-0.05, 0) is 61.2 Å². The lowest BCUT2D eigenvalue weighted by molar-refractivity contribution is -0.116. The monoisotopic (exact) mass is 528 g/mol. The summed E-state index contributed by atoms with van der Waals surface area (Å²) in [5.41, 5.74) is 3.04. The second-order valence-electron chi connectivity index (χ2n) is 9.39. The van der Waals surface area contributed by atoms with Crippen LogP contribution in [0, 0.1) is 13.8 Å². The van der Waals surface area contributed by atoms with E-state index in [1.165, 1.54) is 4.57 Å². The number of benzene rings is 3. The van der Waals surface area contributed by atoms with Crippen molar-refractivity contribution in [3.05, 3.63) is 110 Å². The summed E-state index contributed by atoms with van der Waals surface area (Å²) in [6.45, 7) is 4.61. The van der Waals surface area contributed by atoms with Crippen LogP contribution in [-0.4, -0.2) is 41.2 Å². The van der Waals surface area contributed by atoms with Gasteiger partial charge in [0.1, 0.15) is 6.54 Å². The summed E-state index contributed by atoms with van der Waals surface area (Å²) in [7, 11) is 1.61. The van der Waals surface area contributed by atoms with Gasteiger partial charge in [-0.2, -0.15) is 0 Å². The first kappa shape index (κ1) is 27.5. The lowest BCUT2D eigenvalue weighted by Gasteiger charge is -2.16. The van der Waals surface area contributed by atoms with E-state index in [1.807, 2.05) is 32.0 Å². The van der Waals surface area contributed by atoms with E-state index in [4.69, 9.17) is 4.74 Å². The summed E-state index contributed by atoms with van der Waals surface area (Å²) >= 11 is 0. The Kier molecular flexibility index (Phi) is 8.73. The fourth-order valence-electron chi connectivity index (χ4n) is 4.46. The molecule has 0 unspecified atom stereocenters. The second kappa shape index (κ2) is 12.4. The molecular formula is C30H32N4O5. The Hall–Kier alpha value is -4.50. The lowest BCUT2D eigenvalue weighted by atomic mass is 10.1. The summed E-state index contributed by atoms with van der Waals surface area (Å²) in [6, 6.07) is 19.2. The van der Waals surface area contributed by atoms with Crippen LogP contribution < -0.4 is 21.9 Å². The van der Waals surface area contributed by atoms with Gasteiger partial charge in [0.05, 0.1) is 17.4 Å². The van der Waals surface area contributed by atoms with Gasteiger partial charge in [0.15, 0.2) is 0 Å². The largest absolute Gasteiger partial charge is 0.385 e. The average molecular weight is 529 g/mol. The Morgan fingerprint density at radius 2 is 1.56 bits per heavy atom. The molecule has 0 fully saturated rings. The smallest absolute Gasteiger partial charge is 0.332 e. The van der Waals surface area contributed by atoms with Gasteiger partial charge in [-0.1, -0.05) is 42.5 Å². The molecule has 39 heavy (non-hydrogen) atoms. The molecule has 0 bridgehead atoms. The number of aromatic nitrogens is 2. The highest BCUT2D eigenvalue weighted by molar-refractivity contribution is 5.94. The molecule has 0 radical (unpaired) electrons. The van der Waals surface area contributed by atoms with E-state index >= 15 is 0 Å². The number of hydrogen-bond acceptors (Lipinski definition) is 5. The summed E-state index contributed by atoms with van der Waals surface area (Å²) in [6.07, 6.45) is 0.708. The molecule has 0 aliphatic rings. The van der Waals surface area contributed by atoms with Crippen LogP contribution in [0.25, 0.3) is 10.9 Å². The number of rotatable bonds is 10. The van der Waals surface area contributed by atoms with Crippen molar-refractivity contribution in [2.24, 2.45) is 0 Å². The van der Waals surface area contributed by atoms with E-state index in [9.17, 15) is 19.2 Å². The fraction of sp³-hybridized carbons (Fsp3) is 0.267. The first-order valence-electron chi connectivity index (χ1n) is 12.7. The van der Waals surface area contributed by atoms with E-state index in [0.29, 0.717) is 47.3 Å². The van der Waals surface area contributed by atoms with Crippen LogP contribution in [-0.2, 0) is 22.6 Å². The third-order valence-corrected chi connectivity index (χ3v) is 6.55. The molecule has 4 rings (SSSR count). The maximum atomic E-state index is 13.5. The first-order valence-corrected chi connectivity index (χ1v) is 12.7. The fourth-order valence-corrected chi connectivity index (χ4v) is 4.46. The molecule has 0 saturated heterocycles. The third kappa shape index (κ3) is 6.32. The van der Waals surface area contributed by atoms with Crippen LogP contribution in [0.1, 0.15) is 33.5 Å². The van der Waals surface area contributed by atoms with Gasteiger partial charge in [0.25, 0.3) is 11.5 Å². The van der Waals surface area contributed by atoms with Gasteiger partial charge < -0.3 is 15.4 Å². The summed E-state index contributed by atoms with van der Waals surface area (Å²) in [5.74, 6) is -0.580. The minimum absolute atomic E-state index is 0.00321. The van der Waals surface area contributed by atoms with Crippen LogP contribution in [0.2, 0.25) is 0 Å². The van der Waals surface area contributed by atoms with Crippen molar-refractivity contribution in [2.75, 3.05) is 25.6 Å². The zero-order valence-electron chi connectivity index (χ0n) is 22.3. The van der Waals surface area contributed by atoms with Crippen LogP contribution in [0.5, 0.6) is 0 Å². The maximum Gasteiger partial charge on any atom is 0.332 e. The van der Waals surface area contributed by atoms with Gasteiger partial charge in [-0.25, -0.2) is 4.79 Å². The Morgan fingerprint density at radius 1 is 0.872 bits per heavy atom. The van der Waals surface area contributed by atoms with E-state index in [2.05, 4.69) is 10.6 Å². The molecule has 0 spiro atoms. The quantitative estimate of drug-likeness (QED) is 0.307. The highest BCUT2D eigenvalue weighted by Crippen LogP contribution is 2.19. The lowest BCUT2D eigenvalue weighted by Crippen LogP contribution is -2.42. The molecule has 0 saturated carbocycles. The van der Waals surface area contributed by atoms with Gasteiger partial charge in [-0.3, -0.25) is 23.5 Å². The summed E-state index contributed by atoms with van der Waals surface area (Å²) in [5, 5.41) is 6.07. The Morgan fingerprint density at radius 3 is 2.26 bits per heavy atom. The SMILES string of the molecule is COCCCNC(=O)c1ccc(Cn2c(=O)c3ccccc3n(CC(=O)Nc3c(C)cccc3C)c2=O)cc1. The standard InChI is InChI=1S/C30H32N4O5/c1-20-8-6-9-21(2)27(20)32-26(35)19-33-25-11-5-4-10-24(25)29(37)34(30(33)38)18-22-12-14-23(15-13-22)28(36)31-16-7-17-39-3/h4-6,8-15H,7,16-19H2,1-3H3,(H,31,36)(H,32,35). The van der Waals surface area contributed by atoms with Crippen molar-refractivity contribution in [3.8, 4) is 0 Å². The molecule has 0 aliphatic carbocycles. The van der Waals surface area contributed by atoms with Crippen LogP contribution >= 0.6 is 0 Å². The highest BCUT2D eigenvalue weighted by atomic mass is 16.5. The zero-order valence-corrected chi connectivity index (χ0v) is 22.3. The molecule has 0 aliphatic heterocycles. The van der Waals surface area contributed by atoms with Crippen molar-refractivity contribution < 1.29 is 14.3 Å². The molecule has 0 atom stereocenters. The van der Waals surface area contributed by atoms with Gasteiger partial charge >= 0.3 is 5.69 Å². The van der Waals surface area contributed by atoms with Crippen molar-refractivity contribution in [1.82, 2.24) is 14.5 Å². The van der Waals surface area contributed by atoms with Crippen LogP contribution in [0.3, 0.4) is 0 Å². The summed E-state index contributed by atoms with van der Waals surface area (Å²) in [4.78, 5) is 52.2. The molecule has 2 N–H and O–H groups in total. The number of carbonyl (C=O) groups is 2. The molecule has 2 amide bonds. The molecule has 3 aromatic carbocycles.